The summed E-state index contributed by atoms with van der Waals surface area (Å²) in [6.07, 6.45) is 1.98. The van der Waals surface area contributed by atoms with E-state index in [1.807, 2.05) is 51.1 Å². The van der Waals surface area contributed by atoms with Crippen LogP contribution in [-0.2, 0) is 33.7 Å². The Morgan fingerprint density at radius 3 is 2.58 bits per heavy atom. The van der Waals surface area contributed by atoms with E-state index in [0.29, 0.717) is 50.4 Å². The minimum Gasteiger partial charge on any atom is -0.457 e. The highest BCUT2D eigenvalue weighted by atomic mass is 79.9. The topological polar surface area (TPSA) is 97.0 Å². The predicted molar refractivity (Wildman–Crippen MR) is 139 cm³/mol. The molecule has 2 aliphatic heterocycles. The Hall–Kier alpha value is -2.91. The third-order valence-electron chi connectivity index (χ3n) is 6.20. The summed E-state index contributed by atoms with van der Waals surface area (Å²) in [5.74, 6) is 0.847. The van der Waals surface area contributed by atoms with Crippen LogP contribution in [0.1, 0.15) is 50.3 Å². The van der Waals surface area contributed by atoms with Gasteiger partial charge in [-0.3, -0.25) is 14.9 Å². The lowest BCUT2D eigenvalue weighted by molar-refractivity contribution is -0.134. The average Bonchev–Trinajstić information content (AvgIpc) is 3.01. The molecule has 2 heterocycles. The van der Waals surface area contributed by atoms with Crippen LogP contribution in [0.5, 0.6) is 11.5 Å². The number of halogens is 1. The molecule has 2 N–H and O–H groups in total. The summed E-state index contributed by atoms with van der Waals surface area (Å²) in [4.78, 5) is 37.8. The normalized spacial score (nSPS) is 18.2. The zero-order valence-corrected chi connectivity index (χ0v) is 22.4. The van der Waals surface area contributed by atoms with Crippen LogP contribution in [0.3, 0.4) is 0 Å². The van der Waals surface area contributed by atoms with Crippen molar-refractivity contribution in [2.75, 3.05) is 13.1 Å². The van der Waals surface area contributed by atoms with Crippen LogP contribution in [0.2, 0.25) is 0 Å². The van der Waals surface area contributed by atoms with E-state index in [1.165, 1.54) is 5.56 Å². The van der Waals surface area contributed by atoms with Crippen molar-refractivity contribution in [1.29, 1.82) is 0 Å². The van der Waals surface area contributed by atoms with E-state index in [9.17, 15) is 14.4 Å². The van der Waals surface area contributed by atoms with Crippen molar-refractivity contribution in [1.82, 2.24) is 15.5 Å². The Bertz CT molecular complexity index is 1160. The first-order valence-corrected chi connectivity index (χ1v) is 13.0. The van der Waals surface area contributed by atoms with Gasteiger partial charge in [0.1, 0.15) is 17.1 Å². The van der Waals surface area contributed by atoms with Gasteiger partial charge in [-0.2, -0.15) is 0 Å². The monoisotopic (exact) mass is 557 g/mol. The van der Waals surface area contributed by atoms with Gasteiger partial charge in [0.2, 0.25) is 11.8 Å². The van der Waals surface area contributed by atoms with Crippen molar-refractivity contribution < 1.29 is 23.9 Å². The van der Waals surface area contributed by atoms with Crippen molar-refractivity contribution in [2.45, 2.75) is 64.6 Å². The number of hydrogen-bond donors (Lipinski definition) is 2. The van der Waals surface area contributed by atoms with Crippen LogP contribution in [-0.4, -0.2) is 47.5 Å². The van der Waals surface area contributed by atoms with Crippen molar-refractivity contribution in [3.8, 4) is 11.5 Å². The number of carbonyl (C=O) groups is 3. The summed E-state index contributed by atoms with van der Waals surface area (Å²) in [7, 11) is 0. The van der Waals surface area contributed by atoms with Crippen LogP contribution in [0.25, 0.3) is 0 Å². The van der Waals surface area contributed by atoms with Crippen molar-refractivity contribution in [3.05, 3.63) is 57.6 Å². The van der Waals surface area contributed by atoms with E-state index in [4.69, 9.17) is 9.47 Å². The van der Waals surface area contributed by atoms with E-state index in [-0.39, 0.29) is 17.9 Å². The third-order valence-corrected chi connectivity index (χ3v) is 6.94. The second-order valence-electron chi connectivity index (χ2n) is 10.1. The van der Waals surface area contributed by atoms with Crippen LogP contribution in [0.15, 0.2) is 40.9 Å². The molecule has 4 rings (SSSR count). The number of benzene rings is 2. The number of fused-ring (bicyclic) bond motifs is 1. The van der Waals surface area contributed by atoms with Gasteiger partial charge in [-0.1, -0.05) is 28.1 Å². The lowest BCUT2D eigenvalue weighted by atomic mass is 10.0. The molecule has 0 radical (unpaired) electrons. The second kappa shape index (κ2) is 11.0. The maximum Gasteiger partial charge on any atom is 0.410 e. The smallest absolute Gasteiger partial charge is 0.410 e. The number of rotatable bonds is 5. The highest BCUT2D eigenvalue weighted by molar-refractivity contribution is 9.10. The molecule has 36 heavy (non-hydrogen) atoms. The molecule has 2 aromatic carbocycles. The maximum absolute atomic E-state index is 12.5. The highest BCUT2D eigenvalue weighted by Gasteiger charge is 2.27. The molecule has 2 aromatic rings. The van der Waals surface area contributed by atoms with Crippen LogP contribution < -0.4 is 15.4 Å². The zero-order valence-electron chi connectivity index (χ0n) is 20.9. The lowest BCUT2D eigenvalue weighted by Crippen LogP contribution is -2.50. The molecular formula is C27H32BrN3O5. The summed E-state index contributed by atoms with van der Waals surface area (Å²) in [5, 5.41) is 5.62. The SMILES string of the molecule is CC(C)(C)OC(=O)N1CCc2ccc(Oc3cccc(Br)c3CNC3CCC(=O)NC3=O)cc2CC1. The molecule has 192 valence electrons. The molecule has 0 aliphatic carbocycles. The Morgan fingerprint density at radius 2 is 1.86 bits per heavy atom. The van der Waals surface area contributed by atoms with Gasteiger partial charge in [0.25, 0.3) is 0 Å². The second-order valence-corrected chi connectivity index (χ2v) is 11.0. The van der Waals surface area contributed by atoms with Gasteiger partial charge in [-0.05, 0) is 75.4 Å². The number of imide groups is 1. The lowest BCUT2D eigenvalue weighted by Gasteiger charge is -2.26. The molecule has 8 nitrogen and oxygen atoms in total. The molecule has 9 heteroatoms. The van der Waals surface area contributed by atoms with Crippen LogP contribution in [0.4, 0.5) is 4.79 Å². The van der Waals surface area contributed by atoms with Gasteiger partial charge in [0, 0.05) is 36.1 Å². The summed E-state index contributed by atoms with van der Waals surface area (Å²) in [6.45, 7) is 7.22. The molecule has 0 spiro atoms. The summed E-state index contributed by atoms with van der Waals surface area (Å²) < 4.78 is 12.7. The Balaban J connectivity index is 1.44. The number of carbonyl (C=O) groups excluding carboxylic acids is 3. The fourth-order valence-corrected chi connectivity index (χ4v) is 4.81. The summed E-state index contributed by atoms with van der Waals surface area (Å²) >= 11 is 3.60. The number of nitrogens with one attached hydrogen (secondary N) is 2. The van der Waals surface area contributed by atoms with Gasteiger partial charge in [0.15, 0.2) is 0 Å². The quantitative estimate of drug-likeness (QED) is 0.526. The largest absolute Gasteiger partial charge is 0.457 e. The van der Waals surface area contributed by atoms with E-state index >= 15 is 0 Å². The minimum atomic E-state index is -0.522. The molecule has 3 amide bonds. The molecule has 1 atom stereocenters. The molecular weight excluding hydrogens is 526 g/mol. The van der Waals surface area contributed by atoms with E-state index < -0.39 is 11.6 Å². The van der Waals surface area contributed by atoms with Crippen molar-refractivity contribution >= 4 is 33.8 Å². The highest BCUT2D eigenvalue weighted by Crippen LogP contribution is 2.32. The van der Waals surface area contributed by atoms with E-state index in [0.717, 1.165) is 22.0 Å². The third kappa shape index (κ3) is 6.64. The van der Waals surface area contributed by atoms with Crippen LogP contribution in [0, 0.1) is 0 Å². The van der Waals surface area contributed by atoms with Gasteiger partial charge in [0.05, 0.1) is 6.04 Å². The number of amides is 3. The van der Waals surface area contributed by atoms with Gasteiger partial charge < -0.3 is 19.7 Å². The molecule has 2 aliphatic rings. The molecule has 0 saturated carbocycles. The van der Waals surface area contributed by atoms with Gasteiger partial charge >= 0.3 is 6.09 Å². The van der Waals surface area contributed by atoms with Gasteiger partial charge in [-0.15, -0.1) is 0 Å². The summed E-state index contributed by atoms with van der Waals surface area (Å²) in [6, 6.07) is 11.3. The van der Waals surface area contributed by atoms with E-state index in [2.05, 4.69) is 32.6 Å². The van der Waals surface area contributed by atoms with E-state index in [1.54, 1.807) is 4.90 Å². The molecule has 1 fully saturated rings. The minimum absolute atomic E-state index is 0.236. The molecule has 0 aromatic heterocycles. The molecule has 0 bridgehead atoms. The fourth-order valence-electron chi connectivity index (χ4n) is 4.32. The molecule has 1 unspecified atom stereocenters. The Labute approximate surface area is 219 Å². The number of piperidine rings is 1. The first kappa shape index (κ1) is 26.2. The fraction of sp³-hybridized carbons (Fsp3) is 0.444. The first-order valence-electron chi connectivity index (χ1n) is 12.2. The maximum atomic E-state index is 12.5. The number of ether oxygens (including phenoxy) is 2. The summed E-state index contributed by atoms with van der Waals surface area (Å²) in [5.41, 5.74) is 2.71. The Morgan fingerprint density at radius 1 is 1.11 bits per heavy atom. The van der Waals surface area contributed by atoms with Crippen molar-refractivity contribution in [2.24, 2.45) is 0 Å². The Kier molecular flexibility index (Phi) is 8.00. The predicted octanol–water partition coefficient (Wildman–Crippen LogP) is 4.47. The standard InChI is InChI=1S/C27H32BrN3O5/c1-27(2,3)36-26(34)31-13-11-17-7-8-19(15-18(17)12-14-31)35-23-6-4-5-21(28)20(23)16-29-22-9-10-24(32)30-25(22)33/h4-8,15,22,29H,9-14,16H2,1-3H3,(H,30,32,33). The van der Waals surface area contributed by atoms with Gasteiger partial charge in [-0.25, -0.2) is 4.79 Å². The van der Waals surface area contributed by atoms with Crippen LogP contribution >= 0.6 is 15.9 Å². The first-order chi connectivity index (χ1) is 17.1. The molecule has 1 saturated heterocycles. The van der Waals surface area contributed by atoms with Crippen molar-refractivity contribution in [3.63, 3.8) is 0 Å². The number of hydrogen-bond acceptors (Lipinski definition) is 6. The zero-order chi connectivity index (χ0) is 25.9. The number of nitrogens with zero attached hydrogens (tertiary/aromatic N) is 1. The average molecular weight is 558 g/mol.